The third-order valence-electron chi connectivity index (χ3n) is 5.07. The van der Waals surface area contributed by atoms with Crippen molar-refractivity contribution in [1.29, 1.82) is 0 Å². The minimum atomic E-state index is -0.406. The van der Waals surface area contributed by atoms with Crippen LogP contribution >= 0.6 is 11.6 Å². The van der Waals surface area contributed by atoms with E-state index in [1.165, 1.54) is 4.90 Å². The molecular weight excluding hydrogens is 424 g/mol. The van der Waals surface area contributed by atoms with Crippen molar-refractivity contribution in [2.75, 3.05) is 10.2 Å². The molecule has 6 heteroatoms. The van der Waals surface area contributed by atoms with Crippen LogP contribution in [-0.2, 0) is 9.59 Å². The van der Waals surface area contributed by atoms with Crippen molar-refractivity contribution < 1.29 is 14.3 Å². The van der Waals surface area contributed by atoms with Crippen LogP contribution in [0, 0.1) is 6.92 Å². The maximum absolute atomic E-state index is 13.5. The van der Waals surface area contributed by atoms with Gasteiger partial charge in [0.05, 0.1) is 17.4 Å². The summed E-state index contributed by atoms with van der Waals surface area (Å²) < 4.78 is 5.69. The number of hydrogen-bond donors (Lipinski definition) is 1. The highest BCUT2D eigenvalue weighted by molar-refractivity contribution is 6.46. The van der Waals surface area contributed by atoms with Crippen LogP contribution in [0.3, 0.4) is 0 Å². The number of para-hydroxylation sites is 1. The molecule has 3 aromatic rings. The molecule has 3 aromatic carbocycles. The molecule has 0 bridgehead atoms. The minimum Gasteiger partial charge on any atom is -0.491 e. The molecule has 1 N–H and O–H groups in total. The average molecular weight is 447 g/mol. The first-order valence-electron chi connectivity index (χ1n) is 10.3. The smallest absolute Gasteiger partial charge is 0.282 e. The Kier molecular flexibility index (Phi) is 6.01. The molecule has 0 aromatic heterocycles. The maximum Gasteiger partial charge on any atom is 0.282 e. The van der Waals surface area contributed by atoms with Crippen molar-refractivity contribution in [3.8, 4) is 5.75 Å². The van der Waals surface area contributed by atoms with Crippen LogP contribution < -0.4 is 15.0 Å². The van der Waals surface area contributed by atoms with E-state index in [1.807, 2.05) is 63.2 Å². The molecule has 4 rings (SSSR count). The van der Waals surface area contributed by atoms with Gasteiger partial charge in [-0.25, -0.2) is 4.90 Å². The first-order chi connectivity index (χ1) is 15.3. The van der Waals surface area contributed by atoms with Gasteiger partial charge in [0.15, 0.2) is 0 Å². The van der Waals surface area contributed by atoms with Crippen molar-refractivity contribution >= 4 is 40.4 Å². The lowest BCUT2D eigenvalue weighted by Crippen LogP contribution is -2.33. The molecule has 5 nitrogen and oxygen atoms in total. The third-order valence-corrected chi connectivity index (χ3v) is 5.32. The second kappa shape index (κ2) is 8.89. The Labute approximate surface area is 192 Å². The van der Waals surface area contributed by atoms with E-state index in [2.05, 4.69) is 5.32 Å². The first-order valence-corrected chi connectivity index (χ1v) is 10.7. The van der Waals surface area contributed by atoms with Gasteiger partial charge in [-0.2, -0.15) is 0 Å². The zero-order valence-corrected chi connectivity index (χ0v) is 18.8. The van der Waals surface area contributed by atoms with Gasteiger partial charge < -0.3 is 10.1 Å². The Balaban J connectivity index is 1.75. The fourth-order valence-electron chi connectivity index (χ4n) is 3.60. The molecule has 0 saturated heterocycles. The molecule has 0 unspecified atom stereocenters. The normalized spacial score (nSPS) is 13.8. The number of anilines is 2. The third kappa shape index (κ3) is 4.25. The van der Waals surface area contributed by atoms with E-state index in [-0.39, 0.29) is 17.7 Å². The molecule has 162 valence electrons. The topological polar surface area (TPSA) is 58.6 Å². The summed E-state index contributed by atoms with van der Waals surface area (Å²) in [6.45, 7) is 5.79. The summed E-state index contributed by atoms with van der Waals surface area (Å²) >= 11 is 6.04. The number of imide groups is 1. The van der Waals surface area contributed by atoms with Crippen molar-refractivity contribution in [2.24, 2.45) is 0 Å². The highest BCUT2D eigenvalue weighted by Gasteiger charge is 2.40. The van der Waals surface area contributed by atoms with Crippen molar-refractivity contribution in [3.05, 3.63) is 94.6 Å². The molecule has 0 atom stereocenters. The summed E-state index contributed by atoms with van der Waals surface area (Å²) in [5.41, 5.74) is 3.21. The number of nitrogens with zero attached hydrogens (tertiary/aromatic N) is 1. The molecule has 2 amide bonds. The molecule has 0 spiro atoms. The number of rotatable bonds is 6. The van der Waals surface area contributed by atoms with Crippen LogP contribution in [0.1, 0.15) is 25.0 Å². The highest BCUT2D eigenvalue weighted by atomic mass is 35.5. The Morgan fingerprint density at radius 2 is 1.53 bits per heavy atom. The Morgan fingerprint density at radius 1 is 0.875 bits per heavy atom. The van der Waals surface area contributed by atoms with Crippen LogP contribution in [0.5, 0.6) is 5.75 Å². The first kappa shape index (κ1) is 21.7. The predicted molar refractivity (Wildman–Crippen MR) is 128 cm³/mol. The van der Waals surface area contributed by atoms with Crippen LogP contribution in [0.25, 0.3) is 5.57 Å². The van der Waals surface area contributed by atoms with E-state index < -0.39 is 5.91 Å². The molecule has 1 aliphatic heterocycles. The number of carbonyl (C=O) groups excluding carboxylic acids is 2. The van der Waals surface area contributed by atoms with Gasteiger partial charge in [0.1, 0.15) is 11.4 Å². The van der Waals surface area contributed by atoms with Gasteiger partial charge in [0.2, 0.25) is 0 Å². The highest BCUT2D eigenvalue weighted by Crippen LogP contribution is 2.35. The van der Waals surface area contributed by atoms with Crippen molar-refractivity contribution in [3.63, 3.8) is 0 Å². The van der Waals surface area contributed by atoms with E-state index in [4.69, 9.17) is 16.3 Å². The molecule has 0 saturated carbocycles. The Hall–Kier alpha value is -3.57. The van der Waals surface area contributed by atoms with E-state index in [0.717, 1.165) is 11.3 Å². The SMILES string of the molecule is Cc1ccccc1N1C(=O)C(Nc2ccc(OC(C)C)cc2)=C(c2ccc(Cl)cc2)C1=O. The number of carbonyl (C=O) groups is 2. The van der Waals surface area contributed by atoms with E-state index in [9.17, 15) is 9.59 Å². The molecule has 1 heterocycles. The monoisotopic (exact) mass is 446 g/mol. The fraction of sp³-hybridized carbons (Fsp3) is 0.154. The van der Waals surface area contributed by atoms with E-state index >= 15 is 0 Å². The van der Waals surface area contributed by atoms with Gasteiger partial charge in [0, 0.05) is 10.7 Å². The van der Waals surface area contributed by atoms with Gasteiger partial charge >= 0.3 is 0 Å². The molecule has 32 heavy (non-hydrogen) atoms. The summed E-state index contributed by atoms with van der Waals surface area (Å²) in [5.74, 6) is -0.0570. The Bertz CT molecular complexity index is 1200. The summed E-state index contributed by atoms with van der Waals surface area (Å²) in [6, 6.07) is 21.5. The van der Waals surface area contributed by atoms with Crippen LogP contribution in [0.4, 0.5) is 11.4 Å². The van der Waals surface area contributed by atoms with Crippen LogP contribution in [0.2, 0.25) is 5.02 Å². The summed E-state index contributed by atoms with van der Waals surface area (Å²) in [7, 11) is 0. The number of nitrogens with one attached hydrogen (secondary N) is 1. The Morgan fingerprint density at radius 3 is 2.16 bits per heavy atom. The molecule has 0 radical (unpaired) electrons. The quantitative estimate of drug-likeness (QED) is 0.484. The number of hydrogen-bond acceptors (Lipinski definition) is 4. The maximum atomic E-state index is 13.5. The van der Waals surface area contributed by atoms with Gasteiger partial charge in [0.25, 0.3) is 11.8 Å². The lowest BCUT2D eigenvalue weighted by atomic mass is 10.0. The zero-order valence-electron chi connectivity index (χ0n) is 18.1. The summed E-state index contributed by atoms with van der Waals surface area (Å²) in [6.07, 6.45) is 0.0599. The predicted octanol–water partition coefficient (Wildman–Crippen LogP) is 5.83. The number of halogens is 1. The lowest BCUT2D eigenvalue weighted by molar-refractivity contribution is -0.120. The molecular formula is C26H23ClN2O3. The van der Waals surface area contributed by atoms with Gasteiger partial charge in [-0.3, -0.25) is 9.59 Å². The number of aryl methyl sites for hydroxylation is 1. The standard InChI is InChI=1S/C26H23ClN2O3/c1-16(2)32-21-14-12-20(13-15-21)28-24-23(18-8-10-19(27)11-9-18)25(30)29(26(24)31)22-7-5-4-6-17(22)3/h4-16,28H,1-3H3. The van der Waals surface area contributed by atoms with E-state index in [1.54, 1.807) is 30.3 Å². The van der Waals surface area contributed by atoms with Gasteiger partial charge in [-0.15, -0.1) is 0 Å². The minimum absolute atomic E-state index is 0.0599. The lowest BCUT2D eigenvalue weighted by Gasteiger charge is -2.17. The average Bonchev–Trinajstić information content (AvgIpc) is 3.00. The second-order valence-corrected chi connectivity index (χ2v) is 8.24. The molecule has 1 aliphatic rings. The van der Waals surface area contributed by atoms with Crippen molar-refractivity contribution in [2.45, 2.75) is 26.9 Å². The van der Waals surface area contributed by atoms with E-state index in [0.29, 0.717) is 27.5 Å². The van der Waals surface area contributed by atoms with Gasteiger partial charge in [-0.1, -0.05) is 41.9 Å². The van der Waals surface area contributed by atoms with Crippen LogP contribution in [-0.4, -0.2) is 17.9 Å². The number of benzene rings is 3. The van der Waals surface area contributed by atoms with Crippen molar-refractivity contribution in [1.82, 2.24) is 0 Å². The summed E-state index contributed by atoms with van der Waals surface area (Å²) in [5, 5.41) is 3.72. The zero-order chi connectivity index (χ0) is 22.8. The summed E-state index contributed by atoms with van der Waals surface area (Å²) in [4.78, 5) is 28.2. The number of ether oxygens (including phenoxy) is 1. The molecule has 0 aliphatic carbocycles. The second-order valence-electron chi connectivity index (χ2n) is 7.81. The number of amides is 2. The fourth-order valence-corrected chi connectivity index (χ4v) is 3.72. The van der Waals surface area contributed by atoms with Crippen LogP contribution in [0.15, 0.2) is 78.5 Å². The largest absolute Gasteiger partial charge is 0.491 e. The van der Waals surface area contributed by atoms with Gasteiger partial charge in [-0.05, 0) is 74.4 Å². The molecule has 0 fully saturated rings.